The van der Waals surface area contributed by atoms with Crippen LogP contribution in [0.4, 0.5) is 10.5 Å². The second-order valence-corrected chi connectivity index (χ2v) is 15.1. The molecule has 0 bridgehead atoms. The molecule has 2 aliphatic rings. The molecule has 1 aliphatic heterocycles. The Morgan fingerprint density at radius 1 is 0.522 bits per heavy atom. The molecule has 1 saturated heterocycles. The zero-order valence-corrected chi connectivity index (χ0v) is 39.7. The van der Waals surface area contributed by atoms with Crippen molar-refractivity contribution in [2.24, 2.45) is 0 Å². The van der Waals surface area contributed by atoms with Crippen molar-refractivity contribution >= 4 is 29.5 Å². The maximum Gasteiger partial charge on any atom is 0.411 e. The van der Waals surface area contributed by atoms with Crippen LogP contribution in [0.25, 0.3) is 0 Å². The largest absolute Gasteiger partial charge is 0.446 e. The van der Waals surface area contributed by atoms with Gasteiger partial charge in [-0.1, -0.05) is 19.1 Å². The number of rotatable bonds is 42. The van der Waals surface area contributed by atoms with Crippen molar-refractivity contribution in [1.82, 2.24) is 10.0 Å². The molecule has 1 atom stereocenters. The molecule has 1 aromatic carbocycles. The molecule has 0 aromatic heterocycles. The van der Waals surface area contributed by atoms with Gasteiger partial charge in [0.15, 0.2) is 0 Å². The Labute approximate surface area is 396 Å². The van der Waals surface area contributed by atoms with Gasteiger partial charge in [0.05, 0.1) is 159 Å². The van der Waals surface area contributed by atoms with Gasteiger partial charge in [0.1, 0.15) is 6.10 Å². The van der Waals surface area contributed by atoms with Gasteiger partial charge in [0.2, 0.25) is 11.8 Å². The van der Waals surface area contributed by atoms with Crippen LogP contribution in [-0.4, -0.2) is 205 Å². The summed E-state index contributed by atoms with van der Waals surface area (Å²) in [7, 11) is 0. The van der Waals surface area contributed by atoms with E-state index >= 15 is 0 Å². The zero-order chi connectivity index (χ0) is 47.7. The minimum absolute atomic E-state index is 0.0271. The lowest BCUT2D eigenvalue weighted by Gasteiger charge is -2.30. The molecule has 20 heteroatoms. The average molecular weight is 956 g/mol. The summed E-state index contributed by atoms with van der Waals surface area (Å²) in [5, 5.41) is 4.71. The molecule has 1 heterocycles. The molecule has 0 saturated carbocycles. The summed E-state index contributed by atoms with van der Waals surface area (Å²) in [4.78, 5) is 51.2. The Morgan fingerprint density at radius 3 is 1.30 bits per heavy atom. The Kier molecular flexibility index (Phi) is 34.7. The van der Waals surface area contributed by atoms with Crippen molar-refractivity contribution in [3.8, 4) is 0 Å². The molecule has 1 N–H and O–H groups in total. The zero-order valence-electron chi connectivity index (χ0n) is 39.7. The number of carbonyl (C=O) groups is 4. The summed E-state index contributed by atoms with van der Waals surface area (Å²) < 4.78 is 71.6. The maximum absolute atomic E-state index is 13.5. The second-order valence-electron chi connectivity index (χ2n) is 15.1. The molecule has 1 unspecified atom stereocenters. The Morgan fingerprint density at radius 2 is 0.896 bits per heavy atom. The lowest BCUT2D eigenvalue weighted by Crippen LogP contribution is -2.50. The Bertz CT molecular complexity index is 1440. The average Bonchev–Trinajstić information content (AvgIpc) is 3.65. The molecule has 1 fully saturated rings. The first-order valence-corrected chi connectivity index (χ1v) is 23.8. The maximum atomic E-state index is 13.5. The normalized spacial score (nSPS) is 15.2. The number of hydrazine groups is 1. The van der Waals surface area contributed by atoms with Gasteiger partial charge < -0.3 is 61.6 Å². The SMILES string of the molecule is CCCOCCOCCOCCOCCOCCOCCOCCOCCOCCOCCOCCOCCN(C(=O)c1ccc(NC(=O)OC2CCC=CCCC2)cc1)N1C(=O)CCC1=O. The summed E-state index contributed by atoms with van der Waals surface area (Å²) in [6.45, 7) is 13.0. The van der Waals surface area contributed by atoms with Crippen molar-refractivity contribution in [2.45, 2.75) is 64.4 Å². The fraction of sp³-hybridized carbons (Fsp3) is 0.745. The van der Waals surface area contributed by atoms with E-state index in [1.807, 2.05) is 0 Å². The molecule has 3 rings (SSSR count). The Hall–Kier alpha value is -3.64. The number of hydrogen-bond acceptors (Lipinski definition) is 17. The van der Waals surface area contributed by atoms with Crippen molar-refractivity contribution < 1.29 is 80.8 Å². The molecule has 4 amide bonds. The summed E-state index contributed by atoms with van der Waals surface area (Å²) in [6, 6.07) is 6.20. The van der Waals surface area contributed by atoms with Crippen molar-refractivity contribution in [2.75, 3.05) is 170 Å². The van der Waals surface area contributed by atoms with E-state index in [-0.39, 0.29) is 50.9 Å². The van der Waals surface area contributed by atoms with Crippen LogP contribution in [0.1, 0.15) is 68.6 Å². The van der Waals surface area contributed by atoms with E-state index in [0.717, 1.165) is 55.1 Å². The quantitative estimate of drug-likeness (QED) is 0.0553. The summed E-state index contributed by atoms with van der Waals surface area (Å²) in [5.74, 6) is -1.46. The summed E-state index contributed by atoms with van der Waals surface area (Å²) in [5.41, 5.74) is 0.684. The van der Waals surface area contributed by atoms with Crippen LogP contribution in [0.5, 0.6) is 0 Å². The standard InChI is InChI=1S/C47H77N3O17/c1-2-17-55-19-21-57-23-25-59-27-29-61-31-33-63-35-37-65-39-40-66-38-36-64-34-32-62-30-28-60-26-24-58-22-20-56-18-16-49(50-44(51)14-15-45(50)52)46(53)41-10-12-42(13-11-41)48-47(54)67-43-8-6-4-3-5-7-9-43/h3-4,10-13,43H,2,5-9,14-40H2,1H3,(H,48,54). The van der Waals surface area contributed by atoms with Gasteiger partial charge in [0.25, 0.3) is 5.91 Å². The highest BCUT2D eigenvalue weighted by Gasteiger charge is 2.37. The van der Waals surface area contributed by atoms with Gasteiger partial charge in [-0.05, 0) is 62.8 Å². The van der Waals surface area contributed by atoms with Gasteiger partial charge in [-0.2, -0.15) is 5.01 Å². The van der Waals surface area contributed by atoms with E-state index in [2.05, 4.69) is 24.4 Å². The fourth-order valence-electron chi connectivity index (χ4n) is 6.33. The van der Waals surface area contributed by atoms with Gasteiger partial charge in [0, 0.05) is 30.7 Å². The van der Waals surface area contributed by atoms with Crippen LogP contribution in [0.3, 0.4) is 0 Å². The summed E-state index contributed by atoms with van der Waals surface area (Å²) in [6.07, 6.45) is 8.97. The first-order chi connectivity index (χ1) is 33.0. The number of benzene rings is 1. The Balaban J connectivity index is 1.07. The predicted octanol–water partition coefficient (Wildman–Crippen LogP) is 4.24. The topological polar surface area (TPSA) is 207 Å². The molecular weight excluding hydrogens is 879 g/mol. The highest BCUT2D eigenvalue weighted by Crippen LogP contribution is 2.20. The fourth-order valence-corrected chi connectivity index (χ4v) is 6.33. The monoisotopic (exact) mass is 956 g/mol. The van der Waals surface area contributed by atoms with Crippen LogP contribution >= 0.6 is 0 Å². The minimum Gasteiger partial charge on any atom is -0.446 e. The number of hydrogen-bond donors (Lipinski definition) is 1. The van der Waals surface area contributed by atoms with Gasteiger partial charge >= 0.3 is 6.09 Å². The number of nitrogens with one attached hydrogen (secondary N) is 1. The number of allylic oxidation sites excluding steroid dienone is 2. The number of anilines is 1. The first-order valence-electron chi connectivity index (χ1n) is 23.8. The molecule has 0 spiro atoms. The number of carbonyl (C=O) groups excluding carboxylic acids is 4. The van der Waals surface area contributed by atoms with Gasteiger partial charge in [-0.15, -0.1) is 0 Å². The van der Waals surface area contributed by atoms with E-state index < -0.39 is 23.8 Å². The molecule has 382 valence electrons. The molecule has 67 heavy (non-hydrogen) atoms. The first kappa shape index (κ1) is 57.7. The summed E-state index contributed by atoms with van der Waals surface area (Å²) >= 11 is 0. The van der Waals surface area contributed by atoms with Gasteiger partial charge in [-0.25, -0.2) is 9.80 Å². The third kappa shape index (κ3) is 29.1. The van der Waals surface area contributed by atoms with E-state index in [1.54, 1.807) is 12.1 Å². The number of ether oxygens (including phenoxy) is 13. The lowest BCUT2D eigenvalue weighted by atomic mass is 10.0. The smallest absolute Gasteiger partial charge is 0.411 e. The highest BCUT2D eigenvalue weighted by molar-refractivity contribution is 6.05. The van der Waals surface area contributed by atoms with Crippen molar-refractivity contribution in [3.05, 3.63) is 42.0 Å². The molecule has 1 aliphatic carbocycles. The van der Waals surface area contributed by atoms with Crippen LogP contribution in [0, 0.1) is 0 Å². The molecule has 0 radical (unpaired) electrons. The van der Waals surface area contributed by atoms with E-state index in [9.17, 15) is 19.2 Å². The van der Waals surface area contributed by atoms with E-state index in [1.165, 1.54) is 12.1 Å². The minimum atomic E-state index is -0.559. The third-order valence-corrected chi connectivity index (χ3v) is 9.76. The molecular formula is C47H77N3O17. The van der Waals surface area contributed by atoms with Crippen LogP contribution in [-0.2, 0) is 71.2 Å². The van der Waals surface area contributed by atoms with Crippen LogP contribution < -0.4 is 5.32 Å². The predicted molar refractivity (Wildman–Crippen MR) is 245 cm³/mol. The third-order valence-electron chi connectivity index (χ3n) is 9.76. The van der Waals surface area contributed by atoms with Gasteiger partial charge in [-0.3, -0.25) is 19.7 Å². The van der Waals surface area contributed by atoms with Crippen LogP contribution in [0.15, 0.2) is 36.4 Å². The number of amides is 4. The second kappa shape index (κ2) is 40.3. The van der Waals surface area contributed by atoms with Crippen LogP contribution in [0.2, 0.25) is 0 Å². The van der Waals surface area contributed by atoms with E-state index in [0.29, 0.717) is 138 Å². The highest BCUT2D eigenvalue weighted by atomic mass is 16.6. The van der Waals surface area contributed by atoms with Crippen molar-refractivity contribution in [1.29, 1.82) is 0 Å². The molecule has 1 aromatic rings. The number of imide groups is 1. The number of nitrogens with zero attached hydrogens (tertiary/aromatic N) is 2. The lowest BCUT2D eigenvalue weighted by molar-refractivity contribution is -0.154. The van der Waals surface area contributed by atoms with Crippen molar-refractivity contribution in [3.63, 3.8) is 0 Å². The van der Waals surface area contributed by atoms with E-state index in [4.69, 9.17) is 61.6 Å². The molecule has 20 nitrogen and oxygen atoms in total.